The number of imide groups is 2. The molecule has 2 N–H and O–H groups in total. The molecule has 2 aliphatic rings. The number of hydrogen-bond acceptors (Lipinski definition) is 7. The van der Waals surface area contributed by atoms with Crippen LogP contribution in [0.25, 0.3) is 27.2 Å². The number of imidazole rings is 1. The molecule has 4 aromatic carbocycles. The van der Waals surface area contributed by atoms with Gasteiger partial charge in [0.25, 0.3) is 23.6 Å². The highest BCUT2D eigenvalue weighted by atomic mass is 16.2. The molecule has 4 amide bonds. The molecule has 0 atom stereocenters. The van der Waals surface area contributed by atoms with E-state index in [1.54, 1.807) is 36.8 Å². The normalized spacial score (nSPS) is 14.4. The summed E-state index contributed by atoms with van der Waals surface area (Å²) >= 11 is 0. The van der Waals surface area contributed by atoms with Crippen LogP contribution in [-0.4, -0.2) is 82.2 Å². The van der Waals surface area contributed by atoms with Crippen LogP contribution in [0.2, 0.25) is 0 Å². The van der Waals surface area contributed by atoms with Crippen molar-refractivity contribution in [3.05, 3.63) is 108 Å². The molecule has 44 heavy (non-hydrogen) atoms. The van der Waals surface area contributed by atoms with Crippen molar-refractivity contribution in [1.29, 1.82) is 0 Å². The Morgan fingerprint density at radius 1 is 0.591 bits per heavy atom. The molecule has 2 aliphatic heterocycles. The Labute approximate surface area is 253 Å². The summed E-state index contributed by atoms with van der Waals surface area (Å²) in [5, 5.41) is 9.75. The third kappa shape index (κ3) is 4.64. The highest BCUT2D eigenvalue weighted by Crippen LogP contribution is 2.34. The zero-order valence-electron chi connectivity index (χ0n) is 24.0. The first-order valence-electron chi connectivity index (χ1n) is 14.7. The van der Waals surface area contributed by atoms with Gasteiger partial charge in [0.15, 0.2) is 0 Å². The number of hydrogen-bond donors (Lipinski definition) is 2. The number of nitrogens with one attached hydrogen (secondary N) is 2. The van der Waals surface area contributed by atoms with Gasteiger partial charge in [-0.1, -0.05) is 36.4 Å². The Kier molecular flexibility index (Phi) is 7.21. The van der Waals surface area contributed by atoms with E-state index in [-0.39, 0.29) is 36.7 Å². The lowest BCUT2D eigenvalue weighted by Crippen LogP contribution is -2.44. The van der Waals surface area contributed by atoms with Crippen LogP contribution in [0, 0.1) is 0 Å². The minimum absolute atomic E-state index is 0.262. The summed E-state index contributed by atoms with van der Waals surface area (Å²) in [6.07, 6.45) is 6.02. The van der Waals surface area contributed by atoms with Gasteiger partial charge in [0.2, 0.25) is 0 Å². The van der Waals surface area contributed by atoms with Gasteiger partial charge in [-0.15, -0.1) is 0 Å². The highest BCUT2D eigenvalue weighted by Gasteiger charge is 2.34. The molecule has 0 spiro atoms. The molecule has 0 radical (unpaired) electrons. The molecular weight excluding hydrogens is 556 g/mol. The third-order valence-electron chi connectivity index (χ3n) is 8.34. The molecule has 220 valence electrons. The molecule has 0 bridgehead atoms. The Balaban J connectivity index is 0.880. The summed E-state index contributed by atoms with van der Waals surface area (Å²) < 4.78 is 1.87. The van der Waals surface area contributed by atoms with Gasteiger partial charge in [0, 0.05) is 77.0 Å². The molecule has 7 rings (SSSR count). The number of nitrogens with zero attached hydrogens (tertiary/aromatic N) is 4. The Hall–Kier alpha value is -5.19. The Morgan fingerprint density at radius 3 is 1.70 bits per heavy atom. The largest absolute Gasteiger partial charge is 0.315 e. The second-order valence-corrected chi connectivity index (χ2v) is 10.9. The molecular formula is C34H30N6O4. The van der Waals surface area contributed by atoms with E-state index in [2.05, 4.69) is 15.6 Å². The van der Waals surface area contributed by atoms with Crippen molar-refractivity contribution in [2.45, 2.75) is 6.42 Å². The topological polar surface area (TPSA) is 117 Å². The van der Waals surface area contributed by atoms with Crippen molar-refractivity contribution in [3.8, 4) is 5.69 Å². The first-order chi connectivity index (χ1) is 21.5. The van der Waals surface area contributed by atoms with Gasteiger partial charge in [-0.25, -0.2) is 4.98 Å². The third-order valence-corrected chi connectivity index (χ3v) is 8.34. The maximum atomic E-state index is 13.3. The van der Waals surface area contributed by atoms with Crippen molar-refractivity contribution >= 4 is 45.2 Å². The number of amides is 4. The van der Waals surface area contributed by atoms with Crippen molar-refractivity contribution in [2.24, 2.45) is 0 Å². The number of rotatable bonds is 11. The smallest absolute Gasteiger partial charge is 0.261 e. The van der Waals surface area contributed by atoms with Gasteiger partial charge < -0.3 is 15.2 Å². The van der Waals surface area contributed by atoms with E-state index in [1.165, 1.54) is 9.80 Å². The quantitative estimate of drug-likeness (QED) is 0.179. The second-order valence-electron chi connectivity index (χ2n) is 10.9. The number of carbonyl (C=O) groups is 4. The van der Waals surface area contributed by atoms with Crippen molar-refractivity contribution in [3.63, 3.8) is 0 Å². The van der Waals surface area contributed by atoms with Crippen LogP contribution in [0.5, 0.6) is 0 Å². The summed E-state index contributed by atoms with van der Waals surface area (Å²) in [6, 6.07) is 20.3. The number of carbonyl (C=O) groups excluding carboxylic acids is 4. The van der Waals surface area contributed by atoms with Crippen molar-refractivity contribution in [2.75, 3.05) is 39.3 Å². The molecule has 0 saturated heterocycles. The van der Waals surface area contributed by atoms with E-state index in [0.717, 1.165) is 28.3 Å². The Morgan fingerprint density at radius 2 is 1.14 bits per heavy atom. The monoisotopic (exact) mass is 586 g/mol. The molecule has 0 unspecified atom stereocenters. The van der Waals surface area contributed by atoms with Gasteiger partial charge in [0.1, 0.15) is 0 Å². The summed E-state index contributed by atoms with van der Waals surface area (Å²) in [7, 11) is 0. The fourth-order valence-electron chi connectivity index (χ4n) is 6.21. The predicted molar refractivity (Wildman–Crippen MR) is 166 cm³/mol. The molecule has 0 fully saturated rings. The summed E-state index contributed by atoms with van der Waals surface area (Å²) in [4.78, 5) is 59.5. The van der Waals surface area contributed by atoms with Crippen LogP contribution in [0.15, 0.2) is 85.5 Å². The maximum Gasteiger partial charge on any atom is 0.261 e. The average molecular weight is 587 g/mol. The van der Waals surface area contributed by atoms with Gasteiger partial charge in [-0.05, 0) is 55.2 Å². The van der Waals surface area contributed by atoms with E-state index >= 15 is 0 Å². The molecule has 10 heteroatoms. The van der Waals surface area contributed by atoms with Crippen LogP contribution in [-0.2, 0) is 0 Å². The van der Waals surface area contributed by atoms with Crippen LogP contribution in [0.1, 0.15) is 47.9 Å². The lowest BCUT2D eigenvalue weighted by atomic mass is 9.93. The first-order valence-corrected chi connectivity index (χ1v) is 14.7. The number of benzene rings is 4. The van der Waals surface area contributed by atoms with E-state index < -0.39 is 0 Å². The lowest BCUT2D eigenvalue weighted by Gasteiger charge is -2.28. The lowest BCUT2D eigenvalue weighted by molar-refractivity contribution is 0.0597. The standard InChI is InChI=1S/C34H30N6O4/c41-31-24-8-1-5-22-6-2-9-25(29(22)24)32(42)39(31)19-16-35-13-4-14-36-17-20-40-33(43)26-10-3-7-23-28(38-18-15-37-21-38)12-11-27(30(23)26)34(40)44/h1-3,5-12,15,18,21,35-36H,4,13-14,16-17,19-20H2. The molecule has 0 saturated carbocycles. The van der Waals surface area contributed by atoms with E-state index in [1.807, 2.05) is 53.2 Å². The zero-order chi connectivity index (χ0) is 30.2. The fourth-order valence-corrected chi connectivity index (χ4v) is 6.21. The minimum Gasteiger partial charge on any atom is -0.315 e. The SMILES string of the molecule is O=C1c2cccc3cccc(c23)C(=O)N1CCNCCCNCCN1C(=O)c2cccc3c(-n4ccnc4)ccc(c23)C1=O. The van der Waals surface area contributed by atoms with Crippen LogP contribution >= 0.6 is 0 Å². The van der Waals surface area contributed by atoms with Gasteiger partial charge in [-0.2, -0.15) is 0 Å². The van der Waals surface area contributed by atoms with Crippen LogP contribution in [0.4, 0.5) is 0 Å². The summed E-state index contributed by atoms with van der Waals surface area (Å²) in [5.41, 5.74) is 3.03. The van der Waals surface area contributed by atoms with Gasteiger partial charge in [0.05, 0.1) is 12.0 Å². The van der Waals surface area contributed by atoms with Crippen molar-refractivity contribution < 1.29 is 19.2 Å². The van der Waals surface area contributed by atoms with Crippen molar-refractivity contribution in [1.82, 2.24) is 30.0 Å². The van der Waals surface area contributed by atoms with E-state index in [0.29, 0.717) is 53.8 Å². The van der Waals surface area contributed by atoms with E-state index in [9.17, 15) is 19.2 Å². The second kappa shape index (κ2) is 11.5. The minimum atomic E-state index is -0.292. The highest BCUT2D eigenvalue weighted by molar-refractivity contribution is 6.27. The van der Waals surface area contributed by atoms with Crippen LogP contribution in [0.3, 0.4) is 0 Å². The van der Waals surface area contributed by atoms with E-state index in [4.69, 9.17) is 0 Å². The van der Waals surface area contributed by atoms with Gasteiger partial charge in [-0.3, -0.25) is 29.0 Å². The molecule has 10 nitrogen and oxygen atoms in total. The van der Waals surface area contributed by atoms with Crippen LogP contribution < -0.4 is 10.6 Å². The zero-order valence-corrected chi connectivity index (χ0v) is 24.0. The molecule has 0 aliphatic carbocycles. The maximum absolute atomic E-state index is 13.3. The fraction of sp³-hybridized carbons (Fsp3) is 0.206. The molecule has 1 aromatic heterocycles. The van der Waals surface area contributed by atoms with Gasteiger partial charge >= 0.3 is 0 Å². The first kappa shape index (κ1) is 27.6. The average Bonchev–Trinajstić information content (AvgIpc) is 3.59. The Bertz CT molecular complexity index is 1880. The number of aromatic nitrogens is 2. The molecule has 5 aromatic rings. The predicted octanol–water partition coefficient (Wildman–Crippen LogP) is 3.64. The summed E-state index contributed by atoms with van der Waals surface area (Å²) in [5.74, 6) is -1.11. The molecule has 3 heterocycles. The summed E-state index contributed by atoms with van der Waals surface area (Å²) in [6.45, 7) is 2.87.